The van der Waals surface area contributed by atoms with Gasteiger partial charge in [-0.25, -0.2) is 4.98 Å². The van der Waals surface area contributed by atoms with Crippen LogP contribution in [0.3, 0.4) is 0 Å². The number of aromatic nitrogens is 3. The zero-order chi connectivity index (χ0) is 38.3. The molecular weight excluding hydrogens is 798 g/mol. The SMILES string of the molecule is [2H]c1c([2H])c([2H])c([N+]2=C=[N+](c3[c-]c(Oc4[c-]c5c(cn4)c4ccccc4n5-c4cc(C(C)(C)C)ccn4)cc(C(C)(C)C)c3)c3ccccc32)c([2H])c1[2H].[Pt+2]. The minimum absolute atomic E-state index is 0. The van der Waals surface area contributed by atoms with Crippen LogP contribution in [0.5, 0.6) is 11.6 Å². The Morgan fingerprint density at radius 3 is 2.20 bits per heavy atom. The first-order valence-electron chi connectivity index (χ1n) is 18.7. The maximum atomic E-state index is 8.67. The second-order valence-corrected chi connectivity index (χ2v) is 14.2. The van der Waals surface area contributed by atoms with Crippen LogP contribution in [0.4, 0.5) is 22.7 Å². The van der Waals surface area contributed by atoms with Gasteiger partial charge in [-0.05, 0) is 45.4 Å². The molecule has 7 aromatic rings. The molecule has 0 fully saturated rings. The van der Waals surface area contributed by atoms with E-state index in [-0.39, 0.29) is 55.5 Å². The molecule has 4 aromatic carbocycles. The Hall–Kier alpha value is -5.15. The van der Waals surface area contributed by atoms with E-state index >= 15 is 0 Å². The third-order valence-electron chi connectivity index (χ3n) is 8.71. The minimum Gasteiger partial charge on any atom is -0.484 e. The molecule has 3 aromatic heterocycles. The average molecular weight is 840 g/mol. The maximum absolute atomic E-state index is 8.67. The molecule has 0 aliphatic carbocycles. The zero-order valence-corrected chi connectivity index (χ0v) is 30.8. The van der Waals surface area contributed by atoms with Gasteiger partial charge in [-0.15, -0.1) is 22.5 Å². The summed E-state index contributed by atoms with van der Waals surface area (Å²) in [6, 6.07) is 31.9. The summed E-state index contributed by atoms with van der Waals surface area (Å²) in [7, 11) is 0. The van der Waals surface area contributed by atoms with Crippen molar-refractivity contribution in [1.29, 1.82) is 0 Å². The second-order valence-electron chi connectivity index (χ2n) is 14.2. The summed E-state index contributed by atoms with van der Waals surface area (Å²) in [6.07, 6.45) is 3.64. The van der Waals surface area contributed by atoms with Crippen molar-refractivity contribution in [2.45, 2.75) is 52.4 Å². The van der Waals surface area contributed by atoms with Crippen molar-refractivity contribution in [2.75, 3.05) is 0 Å². The van der Waals surface area contributed by atoms with Crippen LogP contribution in [0.1, 0.15) is 59.5 Å². The van der Waals surface area contributed by atoms with Gasteiger partial charge in [0.15, 0.2) is 0 Å². The molecule has 0 bridgehead atoms. The Labute approximate surface area is 314 Å². The molecule has 0 atom stereocenters. The van der Waals surface area contributed by atoms with Crippen LogP contribution in [-0.4, -0.2) is 20.5 Å². The predicted octanol–water partition coefficient (Wildman–Crippen LogP) is 10.4. The van der Waals surface area contributed by atoms with Gasteiger partial charge in [0.05, 0.1) is 6.85 Å². The van der Waals surface area contributed by atoms with Crippen LogP contribution in [0, 0.1) is 12.1 Å². The summed E-state index contributed by atoms with van der Waals surface area (Å²) >= 11 is 0. The minimum atomic E-state index is -0.454. The van der Waals surface area contributed by atoms with Crippen molar-refractivity contribution in [1.82, 2.24) is 23.7 Å². The van der Waals surface area contributed by atoms with Gasteiger partial charge in [0.1, 0.15) is 17.4 Å². The standard InChI is InChI=1S/C43H37N5O.Pt/c1-42(2,3)29-20-21-44-40(24-29)48-36-17-11-10-16-34(36)35-27-45-41(26-39(35)48)49-33-23-30(43(4,5)6)22-32(25-33)47-28-46(31-14-8-7-9-15-31)37-18-12-13-19-38(37)47;/h7-24,27H,1-6H3;/q;+2/i7D,8D,9D,14D,15D;. The Kier molecular flexibility index (Phi) is 6.98. The molecule has 0 saturated heterocycles. The number of benzene rings is 4. The van der Waals surface area contributed by atoms with Crippen molar-refractivity contribution in [2.24, 2.45) is 0 Å². The first-order chi connectivity index (χ1) is 25.6. The third kappa shape index (κ3) is 6.00. The molecule has 50 heavy (non-hydrogen) atoms. The molecule has 7 heteroatoms. The topological polar surface area (TPSA) is 46.0 Å². The van der Waals surface area contributed by atoms with Crippen molar-refractivity contribution in [3.05, 3.63) is 139 Å². The molecule has 6 nitrogen and oxygen atoms in total. The number of pyridine rings is 2. The maximum Gasteiger partial charge on any atom is 2.00 e. The van der Waals surface area contributed by atoms with Crippen LogP contribution in [0.25, 0.3) is 27.6 Å². The third-order valence-corrected chi connectivity index (χ3v) is 8.71. The fraction of sp³-hybridized carbons (Fsp3) is 0.186. The molecule has 0 N–H and O–H groups in total. The van der Waals surface area contributed by atoms with E-state index in [1.807, 2.05) is 60.8 Å². The molecule has 0 saturated carbocycles. The van der Waals surface area contributed by atoms with Gasteiger partial charge in [-0.1, -0.05) is 112 Å². The van der Waals surface area contributed by atoms with E-state index in [1.54, 1.807) is 10.8 Å². The van der Waals surface area contributed by atoms with E-state index in [1.165, 1.54) is 4.58 Å². The van der Waals surface area contributed by atoms with Gasteiger partial charge in [0, 0.05) is 41.7 Å². The Balaban J connectivity index is 0.00000465. The Morgan fingerprint density at radius 2 is 1.46 bits per heavy atom. The van der Waals surface area contributed by atoms with Crippen molar-refractivity contribution < 1.29 is 32.7 Å². The second kappa shape index (κ2) is 12.6. The van der Waals surface area contributed by atoms with Gasteiger partial charge in [0.2, 0.25) is 5.69 Å². The van der Waals surface area contributed by atoms with E-state index in [0.29, 0.717) is 22.8 Å². The average Bonchev–Trinajstić information content (AvgIpc) is 3.68. The fourth-order valence-corrected chi connectivity index (χ4v) is 6.07. The Bertz CT molecular complexity index is 2750. The van der Waals surface area contributed by atoms with E-state index < -0.39 is 18.1 Å². The fourth-order valence-electron chi connectivity index (χ4n) is 6.07. The number of nitrogens with zero attached hydrogens (tertiary/aromatic N) is 5. The van der Waals surface area contributed by atoms with Crippen LogP contribution in [0.2, 0.25) is 0 Å². The van der Waals surface area contributed by atoms with Crippen molar-refractivity contribution in [3.63, 3.8) is 0 Å². The van der Waals surface area contributed by atoms with Crippen LogP contribution >= 0.6 is 0 Å². The molecular formula is C43H37N5OPt+2. The summed E-state index contributed by atoms with van der Waals surface area (Å²) in [5.74, 6) is 1.42. The number of hydrogen-bond donors (Lipinski definition) is 0. The van der Waals surface area contributed by atoms with E-state index in [0.717, 1.165) is 38.8 Å². The molecule has 0 radical (unpaired) electrons. The van der Waals surface area contributed by atoms with Crippen LogP contribution in [-0.2, 0) is 31.9 Å². The largest absolute Gasteiger partial charge is 2.00 e. The van der Waals surface area contributed by atoms with E-state index in [4.69, 9.17) is 21.6 Å². The van der Waals surface area contributed by atoms with E-state index in [9.17, 15) is 0 Å². The summed E-state index contributed by atoms with van der Waals surface area (Å²) in [6.45, 7) is 12.9. The van der Waals surface area contributed by atoms with Gasteiger partial charge >= 0.3 is 27.1 Å². The van der Waals surface area contributed by atoms with Crippen LogP contribution < -0.4 is 13.9 Å². The molecule has 4 heterocycles. The molecule has 0 spiro atoms. The zero-order valence-electron chi connectivity index (χ0n) is 33.5. The van der Waals surface area contributed by atoms with Gasteiger partial charge < -0.3 is 9.30 Å². The molecule has 8 rings (SSSR count). The normalized spacial score (nSPS) is 14.2. The van der Waals surface area contributed by atoms with Crippen LogP contribution in [0.15, 0.2) is 115 Å². The van der Waals surface area contributed by atoms with E-state index in [2.05, 4.69) is 82.4 Å². The van der Waals surface area contributed by atoms with Gasteiger partial charge in [-0.3, -0.25) is 4.98 Å². The summed E-state index contributed by atoms with van der Waals surface area (Å²) < 4.78 is 53.9. The Morgan fingerprint density at radius 1 is 0.760 bits per heavy atom. The molecule has 1 aliphatic rings. The first kappa shape index (κ1) is 27.6. The molecule has 0 amide bonds. The molecule has 0 unspecified atom stereocenters. The molecule has 1 aliphatic heterocycles. The summed E-state index contributed by atoms with van der Waals surface area (Å²) in [5.41, 5.74) is 5.37. The monoisotopic (exact) mass is 839 g/mol. The predicted molar refractivity (Wildman–Crippen MR) is 199 cm³/mol. The number of hydrogen-bond acceptors (Lipinski definition) is 3. The molecule has 248 valence electrons. The number of rotatable bonds is 5. The smallest absolute Gasteiger partial charge is 0.484 e. The number of fused-ring (bicyclic) bond motifs is 4. The van der Waals surface area contributed by atoms with Crippen molar-refractivity contribution in [3.8, 4) is 17.4 Å². The van der Waals surface area contributed by atoms with Gasteiger partial charge in [0.25, 0.3) is 11.4 Å². The summed E-state index contributed by atoms with van der Waals surface area (Å²) in [5, 5.41) is 1.94. The summed E-state index contributed by atoms with van der Waals surface area (Å²) in [4.78, 5) is 9.48. The first-order valence-corrected chi connectivity index (χ1v) is 16.2. The quantitative estimate of drug-likeness (QED) is 0.128. The number of para-hydroxylation sites is 4. The van der Waals surface area contributed by atoms with Crippen molar-refractivity contribution >= 4 is 50.6 Å². The number of ether oxygens (including phenoxy) is 1. The van der Waals surface area contributed by atoms with Gasteiger partial charge in [-0.2, -0.15) is 6.07 Å².